The van der Waals surface area contributed by atoms with Crippen molar-refractivity contribution in [2.45, 2.75) is 18.5 Å². The highest BCUT2D eigenvalue weighted by Gasteiger charge is 2.31. The molecule has 1 heterocycles. The first-order valence-electron chi connectivity index (χ1n) is 7.08. The lowest BCUT2D eigenvalue weighted by molar-refractivity contribution is -0.138. The third-order valence-corrected chi connectivity index (χ3v) is 3.77. The molecule has 24 heavy (non-hydrogen) atoms. The van der Waals surface area contributed by atoms with Crippen LogP contribution in [0, 0.1) is 0 Å². The summed E-state index contributed by atoms with van der Waals surface area (Å²) in [5.74, 6) is -0.411. The Morgan fingerprint density at radius 2 is 1.96 bits per heavy atom. The van der Waals surface area contributed by atoms with Crippen LogP contribution >= 0.6 is 0 Å². The Morgan fingerprint density at radius 3 is 2.58 bits per heavy atom. The maximum atomic E-state index is 12.5. The molecule has 0 amide bonds. The zero-order chi connectivity index (χ0) is 17.3. The molecule has 0 bridgehead atoms. The molecule has 2 aromatic rings. The number of allylic oxidation sites excluding steroid dienone is 2. The standard InChI is InChI=1S/C16H13F3N4O/c17-16(18,19)10-6-21-15(22-7-10)23-11-2-3-12-9(5-11)1-4-14(20)13(12)8-24/h2-8,13H,1,20H2,(H,21,22,23)/t13-/m0/s1. The first-order valence-corrected chi connectivity index (χ1v) is 7.08. The van der Waals surface area contributed by atoms with Crippen molar-refractivity contribution in [3.8, 4) is 0 Å². The molecule has 1 atom stereocenters. The van der Waals surface area contributed by atoms with Gasteiger partial charge in [-0.25, -0.2) is 9.97 Å². The summed E-state index contributed by atoms with van der Waals surface area (Å²) < 4.78 is 37.5. The van der Waals surface area contributed by atoms with Crippen LogP contribution in [0.15, 0.2) is 42.4 Å². The van der Waals surface area contributed by atoms with Crippen LogP contribution in [0.5, 0.6) is 0 Å². The van der Waals surface area contributed by atoms with Gasteiger partial charge in [-0.2, -0.15) is 13.2 Å². The van der Waals surface area contributed by atoms with Crippen molar-refractivity contribution in [3.63, 3.8) is 0 Å². The average Bonchev–Trinajstić information content (AvgIpc) is 2.54. The van der Waals surface area contributed by atoms with Crippen molar-refractivity contribution in [2.75, 3.05) is 5.32 Å². The maximum Gasteiger partial charge on any atom is 0.419 e. The number of carbonyl (C=O) groups excluding carboxylic acids is 1. The third kappa shape index (κ3) is 3.08. The van der Waals surface area contributed by atoms with Crippen molar-refractivity contribution in [2.24, 2.45) is 5.73 Å². The molecule has 0 saturated carbocycles. The molecule has 5 nitrogen and oxygen atoms in total. The average molecular weight is 334 g/mol. The van der Waals surface area contributed by atoms with Crippen molar-refractivity contribution in [3.05, 3.63) is 59.1 Å². The van der Waals surface area contributed by atoms with E-state index < -0.39 is 17.7 Å². The number of alkyl halides is 3. The minimum absolute atomic E-state index is 0.0563. The van der Waals surface area contributed by atoms with Gasteiger partial charge in [0.2, 0.25) is 5.95 Å². The summed E-state index contributed by atoms with van der Waals surface area (Å²) in [6, 6.07) is 5.27. The Balaban J connectivity index is 1.82. The van der Waals surface area contributed by atoms with Gasteiger partial charge in [-0.05, 0) is 29.7 Å². The number of nitrogens with one attached hydrogen (secondary N) is 1. The van der Waals surface area contributed by atoms with Crippen LogP contribution in [0.2, 0.25) is 0 Å². The molecule has 0 unspecified atom stereocenters. The molecule has 0 spiro atoms. The molecule has 1 aliphatic carbocycles. The minimum Gasteiger partial charge on any atom is -0.401 e. The second kappa shape index (κ2) is 5.95. The highest BCUT2D eigenvalue weighted by Crippen LogP contribution is 2.31. The number of aromatic nitrogens is 2. The molecule has 0 saturated heterocycles. The zero-order valence-corrected chi connectivity index (χ0v) is 12.3. The molecule has 1 aromatic carbocycles. The van der Waals surface area contributed by atoms with E-state index >= 15 is 0 Å². The van der Waals surface area contributed by atoms with Gasteiger partial charge in [0.15, 0.2) is 0 Å². The van der Waals surface area contributed by atoms with Crippen LogP contribution in [0.1, 0.15) is 22.6 Å². The number of aldehydes is 1. The van der Waals surface area contributed by atoms with E-state index in [9.17, 15) is 18.0 Å². The normalized spacial score (nSPS) is 17.0. The first kappa shape index (κ1) is 16.0. The highest BCUT2D eigenvalue weighted by atomic mass is 19.4. The Kier molecular flexibility index (Phi) is 3.96. The number of halogens is 3. The Morgan fingerprint density at radius 1 is 1.25 bits per heavy atom. The quantitative estimate of drug-likeness (QED) is 0.844. The van der Waals surface area contributed by atoms with Crippen molar-refractivity contribution >= 4 is 17.9 Å². The number of benzene rings is 1. The van der Waals surface area contributed by atoms with Crippen molar-refractivity contribution < 1.29 is 18.0 Å². The number of rotatable bonds is 3. The lowest BCUT2D eigenvalue weighted by atomic mass is 9.86. The topological polar surface area (TPSA) is 80.9 Å². The molecule has 0 fully saturated rings. The summed E-state index contributed by atoms with van der Waals surface area (Å²) in [6.45, 7) is 0. The Labute approximate surface area is 135 Å². The molecule has 3 N–H and O–H groups in total. The predicted octanol–water partition coefficient (Wildman–Crippen LogP) is 2.92. The molecule has 1 aromatic heterocycles. The van der Waals surface area contributed by atoms with Crippen LogP contribution in [-0.2, 0) is 17.4 Å². The number of nitrogens with zero attached hydrogens (tertiary/aromatic N) is 2. The van der Waals surface area contributed by atoms with E-state index in [4.69, 9.17) is 5.73 Å². The largest absolute Gasteiger partial charge is 0.419 e. The molecule has 1 aliphatic rings. The minimum atomic E-state index is -4.47. The fraction of sp³-hybridized carbons (Fsp3) is 0.188. The van der Waals surface area contributed by atoms with E-state index in [0.29, 0.717) is 17.8 Å². The molecule has 8 heteroatoms. The summed E-state index contributed by atoms with van der Waals surface area (Å²) in [6.07, 6.45) is 0.115. The monoisotopic (exact) mass is 334 g/mol. The number of hydrogen-bond donors (Lipinski definition) is 2. The fourth-order valence-corrected chi connectivity index (χ4v) is 2.52. The van der Waals surface area contributed by atoms with Gasteiger partial charge in [-0.15, -0.1) is 0 Å². The Bertz CT molecular complexity index is 800. The zero-order valence-electron chi connectivity index (χ0n) is 12.3. The van der Waals surface area contributed by atoms with E-state index in [2.05, 4.69) is 15.3 Å². The maximum absolute atomic E-state index is 12.5. The summed E-state index contributed by atoms with van der Waals surface area (Å²) in [5.41, 5.74) is 7.78. The number of carbonyl (C=O) groups is 1. The molecule has 124 valence electrons. The van der Waals surface area contributed by atoms with Gasteiger partial charge in [-0.1, -0.05) is 12.1 Å². The van der Waals surface area contributed by atoms with Gasteiger partial charge in [0, 0.05) is 23.8 Å². The Hall–Kier alpha value is -2.90. The van der Waals surface area contributed by atoms with Crippen molar-refractivity contribution in [1.29, 1.82) is 0 Å². The van der Waals surface area contributed by atoms with Gasteiger partial charge >= 0.3 is 6.18 Å². The second-order valence-corrected chi connectivity index (χ2v) is 5.35. The van der Waals surface area contributed by atoms with Crippen LogP contribution < -0.4 is 11.1 Å². The smallest absolute Gasteiger partial charge is 0.401 e. The van der Waals surface area contributed by atoms with Crippen LogP contribution in [-0.4, -0.2) is 16.3 Å². The van der Waals surface area contributed by atoms with Gasteiger partial charge in [-0.3, -0.25) is 0 Å². The summed E-state index contributed by atoms with van der Waals surface area (Å²) >= 11 is 0. The highest BCUT2D eigenvalue weighted by molar-refractivity contribution is 5.71. The van der Waals surface area contributed by atoms with Gasteiger partial charge < -0.3 is 15.8 Å². The molecule has 0 radical (unpaired) electrons. The lowest BCUT2D eigenvalue weighted by Crippen LogP contribution is -2.17. The fourth-order valence-electron chi connectivity index (χ4n) is 2.52. The van der Waals surface area contributed by atoms with Gasteiger partial charge in [0.05, 0.1) is 11.5 Å². The predicted molar refractivity (Wildman–Crippen MR) is 81.5 cm³/mol. The first-order chi connectivity index (χ1) is 11.4. The number of fused-ring (bicyclic) bond motifs is 1. The third-order valence-electron chi connectivity index (χ3n) is 3.77. The van der Waals surface area contributed by atoms with E-state index in [1.54, 1.807) is 24.3 Å². The number of hydrogen-bond acceptors (Lipinski definition) is 5. The lowest BCUT2D eigenvalue weighted by Gasteiger charge is -2.21. The summed E-state index contributed by atoms with van der Waals surface area (Å²) in [7, 11) is 0. The van der Waals surface area contributed by atoms with Crippen LogP contribution in [0.3, 0.4) is 0 Å². The van der Waals surface area contributed by atoms with Crippen molar-refractivity contribution in [1.82, 2.24) is 9.97 Å². The van der Waals surface area contributed by atoms with Crippen LogP contribution in [0.4, 0.5) is 24.8 Å². The summed E-state index contributed by atoms with van der Waals surface area (Å²) in [5, 5.41) is 2.85. The van der Waals surface area contributed by atoms with E-state index in [1.807, 2.05) is 0 Å². The molecule has 0 aliphatic heterocycles. The number of nitrogens with two attached hydrogens (primary N) is 1. The molecule has 3 rings (SSSR count). The van der Waals surface area contributed by atoms with E-state index in [0.717, 1.165) is 29.8 Å². The second-order valence-electron chi connectivity index (χ2n) is 5.35. The van der Waals surface area contributed by atoms with Gasteiger partial charge in [0.25, 0.3) is 0 Å². The SMILES string of the molecule is NC1=CCc2cc(Nc3ncc(C(F)(F)F)cn3)ccc2[C@@H]1C=O. The van der Waals surface area contributed by atoms with E-state index in [1.165, 1.54) is 0 Å². The molecular formula is C16H13F3N4O. The van der Waals surface area contributed by atoms with Gasteiger partial charge in [0.1, 0.15) is 6.29 Å². The number of anilines is 2. The molecular weight excluding hydrogens is 321 g/mol. The summed E-state index contributed by atoms with van der Waals surface area (Å²) in [4.78, 5) is 18.5. The van der Waals surface area contributed by atoms with Crippen LogP contribution in [0.25, 0.3) is 0 Å². The van der Waals surface area contributed by atoms with E-state index in [-0.39, 0.29) is 5.95 Å².